The maximum absolute atomic E-state index is 4.25. The number of aromatic nitrogens is 1. The Hall–Kier alpha value is -0.410. The molecule has 3 heteroatoms. The average molecular weight is 196 g/mol. The molecule has 2 rings (SSSR count). The normalized spacial score (nSPS) is 18.8. The quantitative estimate of drug-likeness (QED) is 0.780. The average Bonchev–Trinajstić information content (AvgIpc) is 2.86. The van der Waals surface area contributed by atoms with Crippen LogP contribution in [-0.4, -0.2) is 17.6 Å². The first-order valence-electron chi connectivity index (χ1n) is 4.98. The van der Waals surface area contributed by atoms with Crippen LogP contribution in [0.1, 0.15) is 24.8 Å². The fourth-order valence-electron chi connectivity index (χ4n) is 1.55. The number of thiazole rings is 1. The van der Waals surface area contributed by atoms with Gasteiger partial charge in [0.1, 0.15) is 0 Å². The van der Waals surface area contributed by atoms with Gasteiger partial charge in [-0.15, -0.1) is 11.3 Å². The van der Waals surface area contributed by atoms with E-state index in [1.807, 2.05) is 11.6 Å². The summed E-state index contributed by atoms with van der Waals surface area (Å²) in [6.45, 7) is 3.37. The van der Waals surface area contributed by atoms with Crippen molar-refractivity contribution in [2.45, 2.75) is 32.2 Å². The first-order chi connectivity index (χ1) is 6.36. The van der Waals surface area contributed by atoms with Crippen LogP contribution in [-0.2, 0) is 6.42 Å². The van der Waals surface area contributed by atoms with E-state index in [0.29, 0.717) is 6.04 Å². The zero-order chi connectivity index (χ0) is 9.10. The van der Waals surface area contributed by atoms with E-state index in [9.17, 15) is 0 Å². The standard InChI is InChI=1S/C10H16N2S/c1-8(9-2-3-9)11-5-4-10-12-6-7-13-10/h6-9,11H,2-5H2,1H3. The lowest BCUT2D eigenvalue weighted by Crippen LogP contribution is -2.29. The van der Waals surface area contributed by atoms with Crippen molar-refractivity contribution in [1.29, 1.82) is 0 Å². The summed E-state index contributed by atoms with van der Waals surface area (Å²) in [6.07, 6.45) is 5.80. The van der Waals surface area contributed by atoms with E-state index in [4.69, 9.17) is 0 Å². The Kier molecular flexibility index (Phi) is 2.96. The lowest BCUT2D eigenvalue weighted by molar-refractivity contribution is 0.500. The predicted octanol–water partition coefficient (Wildman–Crippen LogP) is 2.07. The molecule has 72 valence electrons. The molecule has 2 nitrogen and oxygen atoms in total. The molecule has 1 aliphatic carbocycles. The highest BCUT2D eigenvalue weighted by molar-refractivity contribution is 7.09. The number of hydrogen-bond acceptors (Lipinski definition) is 3. The maximum atomic E-state index is 4.25. The topological polar surface area (TPSA) is 24.9 Å². The van der Waals surface area contributed by atoms with Crippen LogP contribution in [0.4, 0.5) is 0 Å². The minimum Gasteiger partial charge on any atom is -0.314 e. The Bertz CT molecular complexity index is 241. The molecule has 0 aliphatic heterocycles. The van der Waals surface area contributed by atoms with Gasteiger partial charge in [0.15, 0.2) is 0 Å². The molecule has 1 atom stereocenters. The highest BCUT2D eigenvalue weighted by Gasteiger charge is 2.27. The lowest BCUT2D eigenvalue weighted by atomic mass is 10.2. The van der Waals surface area contributed by atoms with Crippen LogP contribution in [0.25, 0.3) is 0 Å². The molecule has 1 unspecified atom stereocenters. The van der Waals surface area contributed by atoms with E-state index in [1.165, 1.54) is 17.8 Å². The molecule has 1 heterocycles. The Morgan fingerprint density at radius 3 is 3.15 bits per heavy atom. The molecule has 1 N–H and O–H groups in total. The van der Waals surface area contributed by atoms with Gasteiger partial charge in [-0.05, 0) is 25.7 Å². The zero-order valence-electron chi connectivity index (χ0n) is 7.99. The Morgan fingerprint density at radius 2 is 2.54 bits per heavy atom. The van der Waals surface area contributed by atoms with Crippen LogP contribution >= 0.6 is 11.3 Å². The molecule has 0 radical (unpaired) electrons. The summed E-state index contributed by atoms with van der Waals surface area (Å²) >= 11 is 1.75. The van der Waals surface area contributed by atoms with Gasteiger partial charge in [0.2, 0.25) is 0 Å². The van der Waals surface area contributed by atoms with Crippen molar-refractivity contribution < 1.29 is 0 Å². The third-order valence-electron chi connectivity index (χ3n) is 2.62. The third-order valence-corrected chi connectivity index (χ3v) is 3.46. The first-order valence-corrected chi connectivity index (χ1v) is 5.86. The summed E-state index contributed by atoms with van der Waals surface area (Å²) in [4.78, 5) is 4.25. The summed E-state index contributed by atoms with van der Waals surface area (Å²) in [7, 11) is 0. The zero-order valence-corrected chi connectivity index (χ0v) is 8.81. The van der Waals surface area contributed by atoms with E-state index in [2.05, 4.69) is 17.2 Å². The molecule has 0 saturated heterocycles. The van der Waals surface area contributed by atoms with E-state index < -0.39 is 0 Å². The third kappa shape index (κ3) is 2.78. The molecule has 1 saturated carbocycles. The molecule has 1 aliphatic rings. The highest BCUT2D eigenvalue weighted by atomic mass is 32.1. The smallest absolute Gasteiger partial charge is 0.0937 e. The number of nitrogens with zero attached hydrogens (tertiary/aromatic N) is 1. The van der Waals surface area contributed by atoms with Gasteiger partial charge in [-0.2, -0.15) is 0 Å². The molecule has 1 aromatic rings. The van der Waals surface area contributed by atoms with Gasteiger partial charge < -0.3 is 5.32 Å². The molecule has 0 aromatic carbocycles. The van der Waals surface area contributed by atoms with Crippen molar-refractivity contribution in [3.8, 4) is 0 Å². The minimum absolute atomic E-state index is 0.708. The Balaban J connectivity index is 1.63. The van der Waals surface area contributed by atoms with E-state index >= 15 is 0 Å². The molecule has 0 amide bonds. The maximum Gasteiger partial charge on any atom is 0.0937 e. The van der Waals surface area contributed by atoms with Gasteiger partial charge >= 0.3 is 0 Å². The van der Waals surface area contributed by atoms with Gasteiger partial charge in [0.25, 0.3) is 0 Å². The number of hydrogen-bond donors (Lipinski definition) is 1. The summed E-state index contributed by atoms with van der Waals surface area (Å²) in [5, 5.41) is 6.84. The Labute approximate surface area is 83.4 Å². The largest absolute Gasteiger partial charge is 0.314 e. The van der Waals surface area contributed by atoms with Crippen LogP contribution in [0.5, 0.6) is 0 Å². The van der Waals surface area contributed by atoms with Gasteiger partial charge in [0.05, 0.1) is 5.01 Å². The van der Waals surface area contributed by atoms with Gasteiger partial charge in [-0.1, -0.05) is 0 Å². The van der Waals surface area contributed by atoms with Crippen LogP contribution < -0.4 is 5.32 Å². The van der Waals surface area contributed by atoms with Crippen LogP contribution in [0, 0.1) is 5.92 Å². The van der Waals surface area contributed by atoms with Crippen molar-refractivity contribution in [2.75, 3.05) is 6.54 Å². The Morgan fingerprint density at radius 1 is 1.69 bits per heavy atom. The summed E-state index contributed by atoms with van der Waals surface area (Å²) in [5.74, 6) is 0.955. The number of nitrogens with one attached hydrogen (secondary N) is 1. The molecule has 0 bridgehead atoms. The lowest BCUT2D eigenvalue weighted by Gasteiger charge is -2.11. The second-order valence-corrected chi connectivity index (χ2v) is 4.74. The molecular weight excluding hydrogens is 180 g/mol. The fraction of sp³-hybridized carbons (Fsp3) is 0.700. The first kappa shape index (κ1) is 9.16. The minimum atomic E-state index is 0.708. The molecule has 1 aromatic heterocycles. The van der Waals surface area contributed by atoms with Gasteiger partial charge in [-0.3, -0.25) is 0 Å². The van der Waals surface area contributed by atoms with Crippen molar-refractivity contribution in [3.63, 3.8) is 0 Å². The van der Waals surface area contributed by atoms with Gasteiger partial charge in [0, 0.05) is 30.6 Å². The van der Waals surface area contributed by atoms with E-state index in [1.54, 1.807) is 11.3 Å². The van der Waals surface area contributed by atoms with Gasteiger partial charge in [-0.25, -0.2) is 4.98 Å². The summed E-state index contributed by atoms with van der Waals surface area (Å²) in [6, 6.07) is 0.708. The summed E-state index contributed by atoms with van der Waals surface area (Å²) in [5.41, 5.74) is 0. The van der Waals surface area contributed by atoms with E-state index in [-0.39, 0.29) is 0 Å². The molecule has 13 heavy (non-hydrogen) atoms. The fourth-order valence-corrected chi connectivity index (χ4v) is 2.17. The van der Waals surface area contributed by atoms with Crippen molar-refractivity contribution in [1.82, 2.24) is 10.3 Å². The van der Waals surface area contributed by atoms with Crippen molar-refractivity contribution in [2.24, 2.45) is 5.92 Å². The number of rotatable bonds is 5. The van der Waals surface area contributed by atoms with Crippen molar-refractivity contribution in [3.05, 3.63) is 16.6 Å². The van der Waals surface area contributed by atoms with Crippen LogP contribution in [0.3, 0.4) is 0 Å². The second kappa shape index (κ2) is 4.20. The second-order valence-electron chi connectivity index (χ2n) is 3.76. The summed E-state index contributed by atoms with van der Waals surface area (Å²) < 4.78 is 0. The highest BCUT2D eigenvalue weighted by Crippen LogP contribution is 2.32. The molecular formula is C10H16N2S. The molecule has 1 fully saturated rings. The molecule has 0 spiro atoms. The predicted molar refractivity (Wildman–Crippen MR) is 56.0 cm³/mol. The van der Waals surface area contributed by atoms with Crippen LogP contribution in [0.2, 0.25) is 0 Å². The van der Waals surface area contributed by atoms with E-state index in [0.717, 1.165) is 18.9 Å². The van der Waals surface area contributed by atoms with Crippen molar-refractivity contribution >= 4 is 11.3 Å². The SMILES string of the molecule is CC(NCCc1nccs1)C1CC1. The van der Waals surface area contributed by atoms with Crippen LogP contribution in [0.15, 0.2) is 11.6 Å². The monoisotopic (exact) mass is 196 g/mol.